The van der Waals surface area contributed by atoms with Crippen LogP contribution in [-0.2, 0) is 0 Å². The fraction of sp³-hybridized carbons (Fsp3) is 0.600. The van der Waals surface area contributed by atoms with Gasteiger partial charge >= 0.3 is 0 Å². The number of fused-ring (bicyclic) bond motifs is 1. The Morgan fingerprint density at radius 3 is 2.33 bits per heavy atom. The highest BCUT2D eigenvalue weighted by Gasteiger charge is 2.36. The Kier molecular flexibility index (Phi) is 3.27. The Labute approximate surface area is 108 Å². The van der Waals surface area contributed by atoms with Crippen LogP contribution < -0.4 is 0 Å². The van der Waals surface area contributed by atoms with E-state index in [0.29, 0.717) is 0 Å². The molecule has 18 heavy (non-hydrogen) atoms. The summed E-state index contributed by atoms with van der Waals surface area (Å²) in [7, 11) is 0. The third-order valence-electron chi connectivity index (χ3n) is 4.51. The largest absolute Gasteiger partial charge is 0.508 e. The van der Waals surface area contributed by atoms with Gasteiger partial charge in [-0.25, -0.2) is 0 Å². The highest BCUT2D eigenvalue weighted by atomic mass is 16.3. The second-order valence-electron chi connectivity index (χ2n) is 5.78. The van der Waals surface area contributed by atoms with Crippen molar-refractivity contribution in [3.63, 3.8) is 0 Å². The zero-order valence-corrected chi connectivity index (χ0v) is 10.6. The van der Waals surface area contributed by atoms with E-state index in [-0.39, 0.29) is 5.75 Å². The number of aliphatic hydroxyl groups excluding tert-OH is 1. The summed E-state index contributed by atoms with van der Waals surface area (Å²) in [5.74, 6) is 2.00. The lowest BCUT2D eigenvalue weighted by molar-refractivity contribution is 0.122. The number of rotatable bonds is 3. The van der Waals surface area contributed by atoms with Crippen molar-refractivity contribution in [2.75, 3.05) is 19.6 Å². The summed E-state index contributed by atoms with van der Waals surface area (Å²) in [6.45, 7) is 3.03. The molecule has 0 bridgehead atoms. The van der Waals surface area contributed by atoms with Crippen LogP contribution in [0.2, 0.25) is 0 Å². The van der Waals surface area contributed by atoms with E-state index in [9.17, 15) is 10.2 Å². The van der Waals surface area contributed by atoms with Gasteiger partial charge in [0.1, 0.15) is 5.75 Å². The SMILES string of the molecule is Oc1ccc(C(O)CN2CC3CCCC3C2)cc1. The van der Waals surface area contributed by atoms with E-state index in [0.717, 1.165) is 37.0 Å². The maximum Gasteiger partial charge on any atom is 0.115 e. The van der Waals surface area contributed by atoms with Crippen molar-refractivity contribution in [1.82, 2.24) is 4.90 Å². The highest BCUT2D eigenvalue weighted by molar-refractivity contribution is 5.27. The molecule has 2 N–H and O–H groups in total. The standard InChI is InChI=1S/C15H21NO2/c17-14-6-4-11(5-7-14)15(18)10-16-8-12-2-1-3-13(12)9-16/h4-7,12-13,15,17-18H,1-3,8-10H2. The van der Waals surface area contributed by atoms with Gasteiger partial charge in [0.2, 0.25) is 0 Å². The number of phenolic OH excluding ortho intramolecular Hbond substituents is 1. The fourth-order valence-electron chi connectivity index (χ4n) is 3.53. The quantitative estimate of drug-likeness (QED) is 0.860. The van der Waals surface area contributed by atoms with Crippen molar-refractivity contribution < 1.29 is 10.2 Å². The molecular weight excluding hydrogens is 226 g/mol. The number of hydrogen-bond acceptors (Lipinski definition) is 3. The lowest BCUT2D eigenvalue weighted by Gasteiger charge is -2.21. The molecule has 2 fully saturated rings. The van der Waals surface area contributed by atoms with Crippen molar-refractivity contribution in [2.45, 2.75) is 25.4 Å². The molecule has 2 aliphatic rings. The van der Waals surface area contributed by atoms with Crippen molar-refractivity contribution in [2.24, 2.45) is 11.8 Å². The molecule has 0 aromatic heterocycles. The van der Waals surface area contributed by atoms with E-state index in [2.05, 4.69) is 4.90 Å². The minimum absolute atomic E-state index is 0.252. The van der Waals surface area contributed by atoms with Gasteiger partial charge in [0.25, 0.3) is 0 Å². The van der Waals surface area contributed by atoms with Gasteiger partial charge in [-0.05, 0) is 42.4 Å². The number of aromatic hydroxyl groups is 1. The minimum Gasteiger partial charge on any atom is -0.508 e. The Morgan fingerprint density at radius 2 is 1.72 bits per heavy atom. The number of aliphatic hydroxyl groups is 1. The Balaban J connectivity index is 1.58. The molecule has 3 nitrogen and oxygen atoms in total. The molecule has 3 rings (SSSR count). The minimum atomic E-state index is -0.440. The Bertz CT molecular complexity index is 391. The van der Waals surface area contributed by atoms with Crippen LogP contribution in [-0.4, -0.2) is 34.7 Å². The van der Waals surface area contributed by atoms with Gasteiger partial charge in [-0.3, -0.25) is 4.90 Å². The predicted molar refractivity (Wildman–Crippen MR) is 70.3 cm³/mol. The molecule has 1 saturated carbocycles. The molecule has 1 aliphatic carbocycles. The van der Waals surface area contributed by atoms with Crippen molar-refractivity contribution >= 4 is 0 Å². The molecule has 3 unspecified atom stereocenters. The van der Waals surface area contributed by atoms with Gasteiger partial charge in [0.05, 0.1) is 6.10 Å². The molecule has 3 atom stereocenters. The van der Waals surface area contributed by atoms with Crippen LogP contribution in [0.15, 0.2) is 24.3 Å². The second-order valence-corrected chi connectivity index (χ2v) is 5.78. The van der Waals surface area contributed by atoms with Gasteiger partial charge < -0.3 is 10.2 Å². The fourth-order valence-corrected chi connectivity index (χ4v) is 3.53. The second kappa shape index (κ2) is 4.90. The summed E-state index contributed by atoms with van der Waals surface area (Å²) >= 11 is 0. The number of nitrogens with zero attached hydrogens (tertiary/aromatic N) is 1. The van der Waals surface area contributed by atoms with Crippen molar-refractivity contribution in [1.29, 1.82) is 0 Å². The van der Waals surface area contributed by atoms with Gasteiger partial charge in [-0.2, -0.15) is 0 Å². The molecule has 0 radical (unpaired) electrons. The summed E-state index contributed by atoms with van der Waals surface area (Å²) in [5.41, 5.74) is 0.893. The first-order valence-corrected chi connectivity index (χ1v) is 6.92. The van der Waals surface area contributed by atoms with E-state index in [1.165, 1.54) is 19.3 Å². The van der Waals surface area contributed by atoms with Gasteiger partial charge in [-0.1, -0.05) is 18.6 Å². The van der Waals surface area contributed by atoms with Gasteiger partial charge in [-0.15, -0.1) is 0 Å². The maximum atomic E-state index is 10.2. The first-order chi connectivity index (χ1) is 8.72. The van der Waals surface area contributed by atoms with Crippen molar-refractivity contribution in [3.8, 4) is 5.75 Å². The molecule has 98 valence electrons. The van der Waals surface area contributed by atoms with Crippen LogP contribution in [0.5, 0.6) is 5.75 Å². The third-order valence-corrected chi connectivity index (χ3v) is 4.51. The molecule has 1 aromatic rings. The topological polar surface area (TPSA) is 43.7 Å². The number of hydrogen-bond donors (Lipinski definition) is 2. The molecular formula is C15H21NO2. The first kappa shape index (κ1) is 12.0. The summed E-state index contributed by atoms with van der Waals surface area (Å²) in [4.78, 5) is 2.39. The summed E-state index contributed by atoms with van der Waals surface area (Å²) in [5, 5.41) is 19.5. The van der Waals surface area contributed by atoms with Crippen LogP contribution in [0.4, 0.5) is 0 Å². The van der Waals surface area contributed by atoms with Crippen molar-refractivity contribution in [3.05, 3.63) is 29.8 Å². The lowest BCUT2D eigenvalue weighted by atomic mass is 10.0. The number of β-amino-alcohol motifs (C(OH)–C–C–N with tert-alkyl or cyclic N) is 1. The molecule has 0 spiro atoms. The lowest BCUT2D eigenvalue weighted by Crippen LogP contribution is -2.27. The number of phenols is 1. The maximum absolute atomic E-state index is 10.2. The summed E-state index contributed by atoms with van der Waals surface area (Å²) in [6.07, 6.45) is 3.70. The van der Waals surface area contributed by atoms with E-state index in [1.54, 1.807) is 24.3 Å². The summed E-state index contributed by atoms with van der Waals surface area (Å²) in [6, 6.07) is 6.88. The average Bonchev–Trinajstić information content (AvgIpc) is 2.90. The van der Waals surface area contributed by atoms with E-state index < -0.39 is 6.10 Å². The molecule has 1 heterocycles. The van der Waals surface area contributed by atoms with Crippen LogP contribution in [0.1, 0.15) is 30.9 Å². The molecule has 0 amide bonds. The normalized spacial score (nSPS) is 29.4. The predicted octanol–water partition coefficient (Wildman–Crippen LogP) is 2.16. The number of benzene rings is 1. The highest BCUT2D eigenvalue weighted by Crippen LogP contribution is 2.38. The molecule has 1 aromatic carbocycles. The van der Waals surface area contributed by atoms with Crippen LogP contribution in [0.25, 0.3) is 0 Å². The first-order valence-electron chi connectivity index (χ1n) is 6.92. The monoisotopic (exact) mass is 247 g/mol. The van der Waals surface area contributed by atoms with Gasteiger partial charge in [0, 0.05) is 19.6 Å². The van der Waals surface area contributed by atoms with Crippen LogP contribution >= 0.6 is 0 Å². The van der Waals surface area contributed by atoms with E-state index in [1.807, 2.05) is 0 Å². The average molecular weight is 247 g/mol. The third kappa shape index (κ3) is 2.38. The van der Waals surface area contributed by atoms with Gasteiger partial charge in [0.15, 0.2) is 0 Å². The van der Waals surface area contributed by atoms with Crippen LogP contribution in [0.3, 0.4) is 0 Å². The molecule has 1 aliphatic heterocycles. The Hall–Kier alpha value is -1.06. The zero-order chi connectivity index (χ0) is 12.5. The van der Waals surface area contributed by atoms with E-state index in [4.69, 9.17) is 0 Å². The summed E-state index contributed by atoms with van der Waals surface area (Å²) < 4.78 is 0. The van der Waals surface area contributed by atoms with E-state index >= 15 is 0 Å². The molecule has 3 heteroatoms. The number of likely N-dealkylation sites (tertiary alicyclic amines) is 1. The smallest absolute Gasteiger partial charge is 0.115 e. The zero-order valence-electron chi connectivity index (χ0n) is 10.6. The Morgan fingerprint density at radius 1 is 1.11 bits per heavy atom. The molecule has 1 saturated heterocycles. The van der Waals surface area contributed by atoms with Crippen LogP contribution in [0, 0.1) is 11.8 Å².